The van der Waals surface area contributed by atoms with Gasteiger partial charge in [-0.05, 0) is 30.7 Å². The van der Waals surface area contributed by atoms with Crippen molar-refractivity contribution in [2.75, 3.05) is 30.9 Å². The number of carbonyl (C=O) groups is 1. The number of benzene rings is 2. The molecule has 0 aromatic heterocycles. The highest BCUT2D eigenvalue weighted by molar-refractivity contribution is 7.97. The number of anilines is 2. The molecule has 0 atom stereocenters. The molecule has 0 unspecified atom stereocenters. The Hall–Kier alpha value is -3.14. The number of fused-ring (bicyclic) bond motifs is 1. The third-order valence-corrected chi connectivity index (χ3v) is 6.52. The number of hydrogen-bond donors (Lipinski definition) is 1. The van der Waals surface area contributed by atoms with Gasteiger partial charge >= 0.3 is 0 Å². The lowest BCUT2D eigenvalue weighted by Crippen LogP contribution is -2.36. The Morgan fingerprint density at radius 3 is 2.28 bits per heavy atom. The van der Waals surface area contributed by atoms with Crippen LogP contribution in [-0.4, -0.2) is 35.6 Å². The molecule has 0 radical (unpaired) electrons. The number of ether oxygens (including phenoxy) is 2. The Balaban J connectivity index is 2.15. The second-order valence-corrected chi connectivity index (χ2v) is 8.14. The average molecular weight is 424 g/mol. The van der Waals surface area contributed by atoms with E-state index in [0.717, 1.165) is 16.4 Å². The fourth-order valence-corrected chi connectivity index (χ4v) is 4.53. The maximum Gasteiger partial charge on any atom is 0.269 e. The fraction of sp³-hybridized carbons (Fsp3) is 0.211. The van der Waals surface area contributed by atoms with Crippen LogP contribution in [0.1, 0.15) is 12.5 Å². The minimum atomic E-state index is -4.24. The van der Waals surface area contributed by atoms with Gasteiger partial charge in [-0.1, -0.05) is 0 Å². The van der Waals surface area contributed by atoms with Gasteiger partial charge in [-0.3, -0.25) is 9.10 Å². The highest BCUT2D eigenvalue weighted by Gasteiger charge is 2.38. The van der Waals surface area contributed by atoms with Gasteiger partial charge in [0, 0.05) is 24.7 Å². The molecule has 0 fully saturated rings. The van der Waals surface area contributed by atoms with Crippen molar-refractivity contribution in [3.63, 3.8) is 0 Å². The van der Waals surface area contributed by atoms with E-state index in [2.05, 4.69) is 5.32 Å². The number of sulfonamides is 1. The lowest BCUT2D eigenvalue weighted by atomic mass is 10.0. The van der Waals surface area contributed by atoms with E-state index < -0.39 is 32.5 Å². The Morgan fingerprint density at radius 1 is 1.07 bits per heavy atom. The first-order valence-electron chi connectivity index (χ1n) is 8.34. The molecule has 7 nitrogen and oxygen atoms in total. The van der Waals surface area contributed by atoms with Gasteiger partial charge in [-0.15, -0.1) is 0 Å². The van der Waals surface area contributed by atoms with Gasteiger partial charge in [0.15, 0.2) is 16.4 Å². The van der Waals surface area contributed by atoms with E-state index >= 15 is 0 Å². The van der Waals surface area contributed by atoms with Crippen LogP contribution < -0.4 is 19.1 Å². The summed E-state index contributed by atoms with van der Waals surface area (Å²) < 4.78 is 64.4. The lowest BCUT2D eigenvalue weighted by Gasteiger charge is -2.30. The third kappa shape index (κ3) is 3.39. The molecule has 0 saturated carbocycles. The third-order valence-electron chi connectivity index (χ3n) is 4.59. The monoisotopic (exact) mass is 424 g/mol. The number of amides is 1. The highest BCUT2D eigenvalue weighted by Crippen LogP contribution is 2.44. The van der Waals surface area contributed by atoms with E-state index in [1.165, 1.54) is 34.3 Å². The first kappa shape index (κ1) is 20.6. The minimum absolute atomic E-state index is 0.152. The molecule has 0 aliphatic carbocycles. The second-order valence-electron chi connectivity index (χ2n) is 6.23. The zero-order valence-electron chi connectivity index (χ0n) is 16.0. The lowest BCUT2D eigenvalue weighted by molar-refractivity contribution is -0.112. The number of halogens is 2. The molecule has 2 aromatic rings. The maximum atomic E-state index is 13.9. The number of allylic oxidation sites excluding steroid dienone is 1. The van der Waals surface area contributed by atoms with Crippen LogP contribution in [0.5, 0.6) is 11.5 Å². The van der Waals surface area contributed by atoms with Crippen LogP contribution in [-0.2, 0) is 14.8 Å². The van der Waals surface area contributed by atoms with Crippen molar-refractivity contribution in [3.8, 4) is 11.5 Å². The molecule has 0 saturated heterocycles. The molecular formula is C19H18F2N2O5S. The van der Waals surface area contributed by atoms with E-state index in [0.29, 0.717) is 28.8 Å². The van der Waals surface area contributed by atoms with Gasteiger partial charge in [-0.2, -0.15) is 0 Å². The summed E-state index contributed by atoms with van der Waals surface area (Å²) in [4.78, 5) is 12.2. The SMILES string of the molecule is COc1cc2c(cc1OC)N(C)S(=O)(=O)C(C(=O)Nc1ccc(F)cc1F)=C2C. The van der Waals surface area contributed by atoms with Crippen LogP contribution >= 0.6 is 0 Å². The van der Waals surface area contributed by atoms with Gasteiger partial charge < -0.3 is 14.8 Å². The van der Waals surface area contributed by atoms with Crippen LogP contribution in [0.25, 0.3) is 5.57 Å². The summed E-state index contributed by atoms with van der Waals surface area (Å²) in [6.45, 7) is 1.46. The van der Waals surface area contributed by atoms with E-state index in [1.807, 2.05) is 0 Å². The second kappa shape index (κ2) is 7.36. The van der Waals surface area contributed by atoms with Crippen LogP contribution in [0, 0.1) is 11.6 Å². The predicted octanol–water partition coefficient (Wildman–Crippen LogP) is 3.13. The number of hydrogen-bond acceptors (Lipinski definition) is 5. The number of carbonyl (C=O) groups excluding carboxylic acids is 1. The topological polar surface area (TPSA) is 84.9 Å². The molecule has 0 spiro atoms. The van der Waals surface area contributed by atoms with Crippen LogP contribution in [0.15, 0.2) is 35.2 Å². The van der Waals surface area contributed by atoms with Crippen molar-refractivity contribution in [2.45, 2.75) is 6.92 Å². The molecule has 10 heteroatoms. The first-order valence-corrected chi connectivity index (χ1v) is 9.78. The fourth-order valence-electron chi connectivity index (χ4n) is 3.07. The summed E-state index contributed by atoms with van der Waals surface area (Å²) in [7, 11) is -0.107. The summed E-state index contributed by atoms with van der Waals surface area (Å²) in [6, 6.07) is 5.60. The minimum Gasteiger partial charge on any atom is -0.493 e. The molecule has 1 aliphatic heterocycles. The van der Waals surface area contributed by atoms with Crippen molar-refractivity contribution in [1.82, 2.24) is 0 Å². The molecular weight excluding hydrogens is 406 g/mol. The zero-order valence-corrected chi connectivity index (χ0v) is 16.9. The largest absolute Gasteiger partial charge is 0.493 e. The van der Waals surface area contributed by atoms with Gasteiger partial charge in [0.1, 0.15) is 11.6 Å². The molecule has 1 N–H and O–H groups in total. The molecule has 1 aliphatic rings. The molecule has 154 valence electrons. The molecule has 29 heavy (non-hydrogen) atoms. The number of nitrogens with zero attached hydrogens (tertiary/aromatic N) is 1. The standard InChI is InChI=1S/C19H18F2N2O5S/c1-10-12-8-16(27-3)17(28-4)9-15(12)23(2)29(25,26)18(10)19(24)22-14-6-5-11(20)7-13(14)21/h5-9H,1-4H3,(H,22,24). The normalized spacial score (nSPS) is 15.0. The molecule has 0 bridgehead atoms. The van der Waals surface area contributed by atoms with Gasteiger partial charge in [-0.25, -0.2) is 17.2 Å². The quantitative estimate of drug-likeness (QED) is 0.815. The van der Waals surface area contributed by atoms with Crippen LogP contribution in [0.3, 0.4) is 0 Å². The van der Waals surface area contributed by atoms with E-state index in [-0.39, 0.29) is 11.3 Å². The van der Waals surface area contributed by atoms with Gasteiger partial charge in [0.05, 0.1) is 25.6 Å². The van der Waals surface area contributed by atoms with Gasteiger partial charge in [0.25, 0.3) is 15.9 Å². The molecule has 2 aromatic carbocycles. The summed E-state index contributed by atoms with van der Waals surface area (Å²) in [5.41, 5.74) is 0.543. The van der Waals surface area contributed by atoms with Crippen molar-refractivity contribution >= 4 is 32.9 Å². The van der Waals surface area contributed by atoms with Crippen molar-refractivity contribution in [1.29, 1.82) is 0 Å². The van der Waals surface area contributed by atoms with Crippen molar-refractivity contribution in [3.05, 3.63) is 52.4 Å². The Bertz CT molecular complexity index is 1150. The average Bonchev–Trinajstić information content (AvgIpc) is 2.67. The number of nitrogens with one attached hydrogen (secondary N) is 1. The smallest absolute Gasteiger partial charge is 0.269 e. The highest BCUT2D eigenvalue weighted by atomic mass is 32.2. The summed E-state index contributed by atoms with van der Waals surface area (Å²) in [6.07, 6.45) is 0. The Kier molecular flexibility index (Phi) is 5.22. The van der Waals surface area contributed by atoms with Crippen LogP contribution in [0.2, 0.25) is 0 Å². The molecule has 1 amide bonds. The number of methoxy groups -OCH3 is 2. The zero-order chi connectivity index (χ0) is 21.5. The van der Waals surface area contributed by atoms with Gasteiger partial charge in [0.2, 0.25) is 0 Å². The first-order chi connectivity index (χ1) is 13.6. The summed E-state index contributed by atoms with van der Waals surface area (Å²) >= 11 is 0. The van der Waals surface area contributed by atoms with Crippen molar-refractivity contribution in [2.24, 2.45) is 0 Å². The van der Waals surface area contributed by atoms with Crippen LogP contribution in [0.4, 0.5) is 20.2 Å². The molecule has 1 heterocycles. The maximum absolute atomic E-state index is 13.9. The summed E-state index contributed by atoms with van der Waals surface area (Å²) in [5.74, 6) is -2.22. The van der Waals surface area contributed by atoms with Crippen molar-refractivity contribution < 1.29 is 31.5 Å². The van der Waals surface area contributed by atoms with E-state index in [1.54, 1.807) is 6.07 Å². The predicted molar refractivity (Wildman–Crippen MR) is 104 cm³/mol. The summed E-state index contributed by atoms with van der Waals surface area (Å²) in [5, 5.41) is 2.20. The Morgan fingerprint density at radius 2 is 1.69 bits per heavy atom. The van der Waals surface area contributed by atoms with E-state index in [4.69, 9.17) is 9.47 Å². The Labute approximate surface area is 166 Å². The van der Waals surface area contributed by atoms with E-state index in [9.17, 15) is 22.0 Å². The molecule has 3 rings (SSSR count). The number of rotatable bonds is 4.